The summed E-state index contributed by atoms with van der Waals surface area (Å²) >= 11 is 0. The zero-order valence-corrected chi connectivity index (χ0v) is 33.9. The number of rotatable bonds is 28. The number of nitrogens with two attached hydrogens (primary N) is 2. The van der Waals surface area contributed by atoms with Gasteiger partial charge in [-0.3, -0.25) is 33.6 Å². The summed E-state index contributed by atoms with van der Waals surface area (Å²) < 4.78 is 0. The first-order chi connectivity index (χ1) is 27.0. The Morgan fingerprint density at radius 2 is 1.16 bits per heavy atom. The lowest BCUT2D eigenvalue weighted by atomic mass is 9.96. The summed E-state index contributed by atoms with van der Waals surface area (Å²) in [6.45, 7) is 10.5. The Hall–Kier alpha value is -5.10. The van der Waals surface area contributed by atoms with Crippen molar-refractivity contribution < 1.29 is 63.9 Å². The van der Waals surface area contributed by atoms with Crippen LogP contribution in [0.2, 0.25) is 0 Å². The first-order valence-electron chi connectivity index (χ1n) is 18.8. The molecule has 23 heteroatoms. The molecule has 0 bridgehead atoms. The highest BCUT2D eigenvalue weighted by Gasteiger charge is 2.35. The number of nitrogens with one attached hydrogen (secondary N) is 8. The SMILES string of the molecule is C=C(N)NCCC[C@@H](NC(=O)[C@H](CC(C)C)NC(=O)[C@@H](N)[C@@H](C)O)C(=O)N[C@H](C(=O)N[C@H](C(=O)NCC(=O)N[C@@H](CO)C(=O)N[C@@H](CO)C(=O)O)[C@H](C)O)[C@@H](C)CC. The highest BCUT2D eigenvalue weighted by Crippen LogP contribution is 2.12. The summed E-state index contributed by atoms with van der Waals surface area (Å²) in [5, 5.41) is 66.9. The van der Waals surface area contributed by atoms with Gasteiger partial charge in [0.2, 0.25) is 41.4 Å². The molecule has 0 saturated carbocycles. The van der Waals surface area contributed by atoms with Gasteiger partial charge in [0.25, 0.3) is 0 Å². The van der Waals surface area contributed by atoms with E-state index < -0.39 is 127 Å². The quantitative estimate of drug-likeness (QED) is 0.0326. The van der Waals surface area contributed by atoms with E-state index in [1.54, 1.807) is 27.7 Å². The average molecular weight is 833 g/mol. The van der Waals surface area contributed by atoms with Crippen molar-refractivity contribution in [1.29, 1.82) is 0 Å². The van der Waals surface area contributed by atoms with E-state index in [0.717, 1.165) is 0 Å². The second kappa shape index (κ2) is 26.7. The summed E-state index contributed by atoms with van der Waals surface area (Å²) in [6.07, 6.45) is -1.99. The molecule has 0 aromatic carbocycles. The van der Waals surface area contributed by atoms with E-state index in [9.17, 15) is 53.7 Å². The zero-order valence-electron chi connectivity index (χ0n) is 33.9. The second-order valence-electron chi connectivity index (χ2n) is 14.3. The minimum atomic E-state index is -1.72. The summed E-state index contributed by atoms with van der Waals surface area (Å²) in [5.74, 6) is -8.57. The number of carbonyl (C=O) groups is 8. The van der Waals surface area contributed by atoms with Crippen LogP contribution in [0, 0.1) is 11.8 Å². The maximum Gasteiger partial charge on any atom is 0.328 e. The van der Waals surface area contributed by atoms with Gasteiger partial charge in [0.1, 0.15) is 42.3 Å². The van der Waals surface area contributed by atoms with Crippen LogP contribution in [0.25, 0.3) is 0 Å². The molecular weight excluding hydrogens is 768 g/mol. The van der Waals surface area contributed by atoms with Crippen LogP contribution in [0.15, 0.2) is 12.4 Å². The molecule has 0 heterocycles. The molecule has 0 aromatic heterocycles. The molecule has 23 nitrogen and oxygen atoms in total. The predicted molar refractivity (Wildman–Crippen MR) is 207 cm³/mol. The van der Waals surface area contributed by atoms with Crippen molar-refractivity contribution in [2.24, 2.45) is 23.3 Å². The monoisotopic (exact) mass is 832 g/mol. The third-order valence-corrected chi connectivity index (χ3v) is 8.73. The van der Waals surface area contributed by atoms with Gasteiger partial charge in [-0.15, -0.1) is 0 Å². The molecule has 10 atom stereocenters. The molecule has 17 N–H and O–H groups in total. The van der Waals surface area contributed by atoms with Gasteiger partial charge < -0.3 is 79.5 Å². The maximum absolute atomic E-state index is 13.8. The smallest absolute Gasteiger partial charge is 0.328 e. The lowest BCUT2D eigenvalue weighted by Crippen LogP contribution is -2.61. The molecule has 0 aliphatic heterocycles. The fourth-order valence-electron chi connectivity index (χ4n) is 5.06. The number of hydrogen-bond donors (Lipinski definition) is 15. The lowest BCUT2D eigenvalue weighted by Gasteiger charge is -2.30. The fourth-order valence-corrected chi connectivity index (χ4v) is 5.06. The normalized spacial score (nSPS) is 16.3. The number of carboxylic acid groups (broad SMARTS) is 1. The molecule has 332 valence electrons. The van der Waals surface area contributed by atoms with Crippen LogP contribution in [0.4, 0.5) is 0 Å². The average Bonchev–Trinajstić information content (AvgIpc) is 3.15. The highest BCUT2D eigenvalue weighted by molar-refractivity contribution is 5.97. The van der Waals surface area contributed by atoms with Crippen LogP contribution >= 0.6 is 0 Å². The largest absolute Gasteiger partial charge is 0.480 e. The fraction of sp³-hybridized carbons (Fsp3) is 0.714. The number of carbonyl (C=O) groups excluding carboxylic acids is 7. The maximum atomic E-state index is 13.8. The lowest BCUT2D eigenvalue weighted by molar-refractivity contribution is -0.143. The molecule has 0 aliphatic carbocycles. The first kappa shape index (κ1) is 52.9. The summed E-state index contributed by atoms with van der Waals surface area (Å²) in [6, 6.07) is -10.1. The van der Waals surface area contributed by atoms with Crippen molar-refractivity contribution in [3.8, 4) is 0 Å². The Morgan fingerprint density at radius 1 is 0.638 bits per heavy atom. The van der Waals surface area contributed by atoms with Gasteiger partial charge in [-0.25, -0.2) is 4.79 Å². The third kappa shape index (κ3) is 19.4. The van der Waals surface area contributed by atoms with Gasteiger partial charge in [-0.05, 0) is 44.9 Å². The van der Waals surface area contributed by atoms with E-state index >= 15 is 0 Å². The third-order valence-electron chi connectivity index (χ3n) is 8.73. The van der Waals surface area contributed by atoms with Crippen molar-refractivity contribution in [3.63, 3.8) is 0 Å². The number of aliphatic hydroxyl groups excluding tert-OH is 4. The predicted octanol–water partition coefficient (Wildman–Crippen LogP) is -5.94. The number of aliphatic hydroxyl groups is 4. The Balaban J connectivity index is 6.09. The molecule has 0 aromatic rings. The molecule has 0 unspecified atom stereocenters. The number of aliphatic carboxylic acids is 1. The molecular formula is C35H64N10O13. The van der Waals surface area contributed by atoms with Crippen molar-refractivity contribution in [2.75, 3.05) is 26.3 Å². The summed E-state index contributed by atoms with van der Waals surface area (Å²) in [5.41, 5.74) is 11.3. The van der Waals surface area contributed by atoms with Gasteiger partial charge in [0.05, 0.1) is 37.8 Å². The van der Waals surface area contributed by atoms with E-state index in [-0.39, 0.29) is 37.5 Å². The molecule has 0 fully saturated rings. The van der Waals surface area contributed by atoms with Crippen LogP contribution in [-0.2, 0) is 38.4 Å². The molecule has 0 spiro atoms. The highest BCUT2D eigenvalue weighted by atomic mass is 16.4. The summed E-state index contributed by atoms with van der Waals surface area (Å²) in [7, 11) is 0. The van der Waals surface area contributed by atoms with Crippen molar-refractivity contribution in [1.82, 2.24) is 42.5 Å². The van der Waals surface area contributed by atoms with E-state index in [4.69, 9.17) is 21.7 Å². The molecule has 0 aliphatic rings. The minimum Gasteiger partial charge on any atom is -0.480 e. The molecule has 0 radical (unpaired) electrons. The van der Waals surface area contributed by atoms with Crippen LogP contribution < -0.4 is 54.0 Å². The number of hydrogen-bond acceptors (Lipinski definition) is 15. The summed E-state index contributed by atoms with van der Waals surface area (Å²) in [4.78, 5) is 103. The Kier molecular flexibility index (Phi) is 24.4. The van der Waals surface area contributed by atoms with Crippen molar-refractivity contribution in [3.05, 3.63) is 12.4 Å². The first-order valence-corrected chi connectivity index (χ1v) is 18.8. The van der Waals surface area contributed by atoms with Crippen molar-refractivity contribution in [2.45, 2.75) is 122 Å². The topological polar surface area (TPSA) is 386 Å². The molecule has 0 saturated heterocycles. The van der Waals surface area contributed by atoms with Gasteiger partial charge in [0.15, 0.2) is 0 Å². The van der Waals surface area contributed by atoms with Crippen LogP contribution in [0.5, 0.6) is 0 Å². The van der Waals surface area contributed by atoms with Gasteiger partial charge in [0, 0.05) is 6.54 Å². The second-order valence-corrected chi connectivity index (χ2v) is 14.3. The van der Waals surface area contributed by atoms with E-state index in [1.807, 2.05) is 5.32 Å². The van der Waals surface area contributed by atoms with Gasteiger partial charge >= 0.3 is 5.97 Å². The minimum absolute atomic E-state index is 0.0172. The Labute approximate surface area is 337 Å². The Bertz CT molecular complexity index is 1410. The molecule has 58 heavy (non-hydrogen) atoms. The van der Waals surface area contributed by atoms with Crippen LogP contribution in [0.3, 0.4) is 0 Å². The zero-order chi connectivity index (χ0) is 44.9. The van der Waals surface area contributed by atoms with Gasteiger partial charge in [-0.2, -0.15) is 0 Å². The molecule has 7 amide bonds. The molecule has 0 rings (SSSR count). The van der Waals surface area contributed by atoms with E-state index in [0.29, 0.717) is 6.42 Å². The van der Waals surface area contributed by atoms with Crippen molar-refractivity contribution >= 4 is 47.3 Å². The van der Waals surface area contributed by atoms with Crippen LogP contribution in [-0.4, -0.2) is 154 Å². The number of amides is 7. The Morgan fingerprint density at radius 3 is 1.64 bits per heavy atom. The standard InChI is InChI=1S/C35H64N10O13/c1-8-17(4)27(34(56)45-28(19(6)49)33(55)39-13-25(50)40-23(14-46)31(53)43-24(15-47)35(57)58)44-29(51)21(10-9-11-38-20(7)36)41-30(52)22(12-16(2)3)42-32(54)26(37)18(5)48/h16-19,21-24,26-28,38,46-49H,7-15,36-37H2,1-6H3,(H,39,55)(H,40,50)(H,41,52)(H,42,54)(H,43,53)(H,44,51)(H,45,56)(H,57,58)/t17-,18+,19-,21+,22-,23-,24-,26-,27-,28-/m0/s1. The van der Waals surface area contributed by atoms with Crippen LogP contribution in [0.1, 0.15) is 67.2 Å². The van der Waals surface area contributed by atoms with E-state index in [1.165, 1.54) is 13.8 Å². The van der Waals surface area contributed by atoms with E-state index in [2.05, 4.69) is 43.8 Å². The van der Waals surface area contributed by atoms with Gasteiger partial charge in [-0.1, -0.05) is 40.7 Å². The number of carboxylic acids is 1.